The minimum absolute atomic E-state index is 0.0317. The van der Waals surface area contributed by atoms with Crippen LogP contribution in [0.3, 0.4) is 0 Å². The van der Waals surface area contributed by atoms with E-state index in [1.54, 1.807) is 28.6 Å². The molecule has 1 aliphatic heterocycles. The summed E-state index contributed by atoms with van der Waals surface area (Å²) in [5.74, 6) is 0. The Labute approximate surface area is 148 Å². The largest absolute Gasteiger partial charge is 0.399 e. The molecule has 25 heavy (non-hydrogen) atoms. The maximum Gasteiger partial charge on any atom is 0.243 e. The van der Waals surface area contributed by atoms with Crippen LogP contribution in [0.2, 0.25) is 0 Å². The summed E-state index contributed by atoms with van der Waals surface area (Å²) >= 11 is 0. The van der Waals surface area contributed by atoms with Crippen molar-refractivity contribution in [2.45, 2.75) is 37.2 Å². The zero-order chi connectivity index (χ0) is 18.0. The highest BCUT2D eigenvalue weighted by molar-refractivity contribution is 7.89. The number of aryl methyl sites for hydroxylation is 1. The predicted octanol–water partition coefficient (Wildman–Crippen LogP) is 1.59. The Hall–Kier alpha value is -1.90. The van der Waals surface area contributed by atoms with E-state index < -0.39 is 10.0 Å². The number of likely N-dealkylation sites (tertiary alicyclic amines) is 1. The monoisotopic (exact) mass is 363 g/mol. The number of piperidine rings is 1. The second-order valence-corrected chi connectivity index (χ2v) is 8.59. The van der Waals surface area contributed by atoms with Crippen LogP contribution in [0.15, 0.2) is 35.2 Å². The molecule has 136 valence electrons. The summed E-state index contributed by atoms with van der Waals surface area (Å²) in [5, 5.41) is 7.11. The maximum absolute atomic E-state index is 13.3. The van der Waals surface area contributed by atoms with E-state index in [4.69, 9.17) is 5.73 Å². The van der Waals surface area contributed by atoms with Crippen molar-refractivity contribution in [3.63, 3.8) is 0 Å². The molecule has 0 amide bonds. The first-order valence-corrected chi connectivity index (χ1v) is 9.87. The van der Waals surface area contributed by atoms with Crippen LogP contribution in [0.4, 0.5) is 5.69 Å². The molecule has 1 aliphatic rings. The molecule has 0 spiro atoms. The first kappa shape index (κ1) is 17.9. The van der Waals surface area contributed by atoms with Gasteiger partial charge in [-0.05, 0) is 70.2 Å². The van der Waals surface area contributed by atoms with Gasteiger partial charge >= 0.3 is 0 Å². The van der Waals surface area contributed by atoms with Gasteiger partial charge in [0, 0.05) is 17.4 Å². The highest BCUT2D eigenvalue weighted by Crippen LogP contribution is 2.26. The molecule has 0 bridgehead atoms. The van der Waals surface area contributed by atoms with Crippen LogP contribution in [0.5, 0.6) is 0 Å². The standard InChI is InChI=1S/C17H25N5O2S/c1-13-11-15(20-19-13)12-22(16-7-9-21(2)10-8-16)25(23,24)17-5-3-14(18)4-6-17/h3-6,11,16H,7-10,12,18H2,1-2H3,(H,19,20). The minimum atomic E-state index is -3.62. The number of hydrogen-bond donors (Lipinski definition) is 2. The number of benzene rings is 1. The van der Waals surface area contributed by atoms with Crippen LogP contribution in [-0.4, -0.2) is 54.0 Å². The van der Waals surface area contributed by atoms with Crippen molar-refractivity contribution >= 4 is 15.7 Å². The van der Waals surface area contributed by atoms with Crippen molar-refractivity contribution in [2.75, 3.05) is 25.9 Å². The molecule has 3 rings (SSSR count). The van der Waals surface area contributed by atoms with Crippen molar-refractivity contribution in [3.8, 4) is 0 Å². The zero-order valence-electron chi connectivity index (χ0n) is 14.6. The molecule has 2 aromatic rings. The van der Waals surface area contributed by atoms with Gasteiger partial charge in [-0.15, -0.1) is 0 Å². The summed E-state index contributed by atoms with van der Waals surface area (Å²) in [5.41, 5.74) is 7.90. The van der Waals surface area contributed by atoms with E-state index in [-0.39, 0.29) is 17.5 Å². The smallest absolute Gasteiger partial charge is 0.243 e. The number of aromatic nitrogens is 2. The average molecular weight is 363 g/mol. The molecule has 1 fully saturated rings. The summed E-state index contributed by atoms with van der Waals surface area (Å²) in [6, 6.07) is 8.25. The molecule has 0 unspecified atom stereocenters. The quantitative estimate of drug-likeness (QED) is 0.787. The molecule has 2 heterocycles. The van der Waals surface area contributed by atoms with Crippen molar-refractivity contribution in [3.05, 3.63) is 41.7 Å². The van der Waals surface area contributed by atoms with Crippen LogP contribution < -0.4 is 5.73 Å². The van der Waals surface area contributed by atoms with Gasteiger partial charge in [-0.25, -0.2) is 8.42 Å². The lowest BCUT2D eigenvalue weighted by Gasteiger charge is -2.36. The fourth-order valence-corrected chi connectivity index (χ4v) is 4.84. The number of nitrogens with two attached hydrogens (primary N) is 1. The zero-order valence-corrected chi connectivity index (χ0v) is 15.5. The molecular formula is C17H25N5O2S. The van der Waals surface area contributed by atoms with E-state index in [9.17, 15) is 8.42 Å². The number of nitrogens with one attached hydrogen (secondary N) is 1. The van der Waals surface area contributed by atoms with Gasteiger partial charge in [0.1, 0.15) is 0 Å². The normalized spacial score (nSPS) is 17.2. The van der Waals surface area contributed by atoms with Gasteiger partial charge in [0.2, 0.25) is 10.0 Å². The van der Waals surface area contributed by atoms with E-state index in [1.165, 1.54) is 0 Å². The van der Waals surface area contributed by atoms with Crippen molar-refractivity contribution in [1.29, 1.82) is 0 Å². The SMILES string of the molecule is Cc1cc(CN(C2CCN(C)CC2)S(=O)(=O)c2ccc(N)cc2)n[nH]1. The molecule has 0 aliphatic carbocycles. The molecular weight excluding hydrogens is 338 g/mol. The topological polar surface area (TPSA) is 95.3 Å². The Morgan fingerprint density at radius 2 is 1.92 bits per heavy atom. The summed E-state index contributed by atoms with van der Waals surface area (Å²) in [6.45, 7) is 3.95. The molecule has 0 radical (unpaired) electrons. The number of rotatable bonds is 5. The lowest BCUT2D eigenvalue weighted by Crippen LogP contribution is -2.46. The van der Waals surface area contributed by atoms with Gasteiger partial charge in [-0.1, -0.05) is 0 Å². The first-order chi connectivity index (χ1) is 11.9. The Morgan fingerprint density at radius 3 is 2.48 bits per heavy atom. The van der Waals surface area contributed by atoms with Gasteiger partial charge in [-0.2, -0.15) is 9.40 Å². The third-order valence-electron chi connectivity index (χ3n) is 4.66. The second-order valence-electron chi connectivity index (χ2n) is 6.70. The molecule has 7 nitrogen and oxygen atoms in total. The molecule has 1 aromatic heterocycles. The molecule has 0 saturated carbocycles. The van der Waals surface area contributed by atoms with Crippen LogP contribution in [0, 0.1) is 6.92 Å². The van der Waals surface area contributed by atoms with Gasteiger partial charge in [0.25, 0.3) is 0 Å². The van der Waals surface area contributed by atoms with Crippen LogP contribution in [0.1, 0.15) is 24.2 Å². The van der Waals surface area contributed by atoms with E-state index in [2.05, 4.69) is 22.1 Å². The highest BCUT2D eigenvalue weighted by Gasteiger charge is 2.33. The Balaban J connectivity index is 1.92. The third kappa shape index (κ3) is 4.02. The summed E-state index contributed by atoms with van der Waals surface area (Å²) < 4.78 is 28.1. The van der Waals surface area contributed by atoms with Crippen molar-refractivity contribution in [1.82, 2.24) is 19.4 Å². The lowest BCUT2D eigenvalue weighted by atomic mass is 10.1. The maximum atomic E-state index is 13.3. The van der Waals surface area contributed by atoms with E-state index in [0.29, 0.717) is 5.69 Å². The number of hydrogen-bond acceptors (Lipinski definition) is 5. The number of sulfonamides is 1. The number of nitrogens with zero attached hydrogens (tertiary/aromatic N) is 3. The fraction of sp³-hybridized carbons (Fsp3) is 0.471. The Kier molecular flexibility index (Phi) is 5.12. The van der Waals surface area contributed by atoms with Crippen LogP contribution >= 0.6 is 0 Å². The van der Waals surface area contributed by atoms with Crippen LogP contribution in [0.25, 0.3) is 0 Å². The third-order valence-corrected chi connectivity index (χ3v) is 6.57. The molecule has 0 atom stereocenters. The van der Waals surface area contributed by atoms with Crippen LogP contribution in [-0.2, 0) is 16.6 Å². The van der Waals surface area contributed by atoms with E-state index in [1.807, 2.05) is 13.0 Å². The Morgan fingerprint density at radius 1 is 1.28 bits per heavy atom. The summed E-state index contributed by atoms with van der Waals surface area (Å²) in [4.78, 5) is 2.50. The van der Waals surface area contributed by atoms with Gasteiger partial charge in [0.05, 0.1) is 17.1 Å². The van der Waals surface area contributed by atoms with Crippen molar-refractivity contribution < 1.29 is 8.42 Å². The number of nitrogen functional groups attached to an aromatic ring is 1. The number of aromatic amines is 1. The molecule has 3 N–H and O–H groups in total. The molecule has 1 saturated heterocycles. The van der Waals surface area contributed by atoms with Gasteiger partial charge in [-0.3, -0.25) is 5.10 Å². The second kappa shape index (κ2) is 7.15. The van der Waals surface area contributed by atoms with Crippen molar-refractivity contribution in [2.24, 2.45) is 0 Å². The number of H-pyrrole nitrogens is 1. The average Bonchev–Trinajstić information content (AvgIpc) is 2.99. The number of anilines is 1. The lowest BCUT2D eigenvalue weighted by molar-refractivity contribution is 0.178. The van der Waals surface area contributed by atoms with Gasteiger partial charge < -0.3 is 10.6 Å². The van der Waals surface area contributed by atoms with Gasteiger partial charge in [0.15, 0.2) is 0 Å². The first-order valence-electron chi connectivity index (χ1n) is 8.43. The molecule has 8 heteroatoms. The Bertz CT molecular complexity index is 808. The summed E-state index contributed by atoms with van der Waals surface area (Å²) in [6.07, 6.45) is 1.63. The minimum Gasteiger partial charge on any atom is -0.399 e. The molecule has 1 aromatic carbocycles. The van der Waals surface area contributed by atoms with E-state index >= 15 is 0 Å². The fourth-order valence-electron chi connectivity index (χ4n) is 3.18. The predicted molar refractivity (Wildman–Crippen MR) is 97.4 cm³/mol. The summed E-state index contributed by atoms with van der Waals surface area (Å²) in [7, 11) is -1.56. The van der Waals surface area contributed by atoms with E-state index in [0.717, 1.165) is 37.3 Å². The highest BCUT2D eigenvalue weighted by atomic mass is 32.2.